The van der Waals surface area contributed by atoms with Crippen molar-refractivity contribution < 1.29 is 24.5 Å². The number of carbonyl (C=O) groups is 2. The Morgan fingerprint density at radius 1 is 0.462 bits per heavy atom. The Labute approximate surface area is 231 Å². The highest BCUT2D eigenvalue weighted by Gasteiger charge is 2.24. The largest absolute Gasteiger partial charge is 0.412 e. The van der Waals surface area contributed by atoms with Crippen molar-refractivity contribution in [2.24, 2.45) is 0 Å². The van der Waals surface area contributed by atoms with Gasteiger partial charge in [-0.05, 0) is 38.8 Å². The standard InChI is InChI=1S/2C17H18O2.H2O/c2*1-13(2)19-17(15-11-7-4-8-12-15)16(18)14-9-5-3-6-10-14;/h2*3-13,17H,1-2H3;1H2. The summed E-state index contributed by atoms with van der Waals surface area (Å²) in [5.74, 6) is 0.000926. The van der Waals surface area contributed by atoms with Gasteiger partial charge in [-0.3, -0.25) is 9.59 Å². The third-order valence-corrected chi connectivity index (χ3v) is 5.61. The van der Waals surface area contributed by atoms with E-state index in [2.05, 4.69) is 0 Å². The minimum Gasteiger partial charge on any atom is -0.412 e. The van der Waals surface area contributed by atoms with E-state index < -0.39 is 12.2 Å². The first-order valence-electron chi connectivity index (χ1n) is 13.0. The average Bonchev–Trinajstić information content (AvgIpc) is 2.96. The van der Waals surface area contributed by atoms with Crippen molar-refractivity contribution >= 4 is 11.6 Å². The molecule has 0 amide bonds. The van der Waals surface area contributed by atoms with Crippen LogP contribution in [0.25, 0.3) is 0 Å². The van der Waals surface area contributed by atoms with E-state index in [1.54, 1.807) is 0 Å². The van der Waals surface area contributed by atoms with E-state index in [0.717, 1.165) is 11.1 Å². The lowest BCUT2D eigenvalue weighted by atomic mass is 9.99. The molecule has 0 aliphatic carbocycles. The van der Waals surface area contributed by atoms with Crippen molar-refractivity contribution in [2.75, 3.05) is 0 Å². The summed E-state index contributed by atoms with van der Waals surface area (Å²) >= 11 is 0. The molecule has 0 fully saturated rings. The van der Waals surface area contributed by atoms with Crippen LogP contribution in [0.15, 0.2) is 121 Å². The van der Waals surface area contributed by atoms with Crippen LogP contribution in [0.5, 0.6) is 0 Å². The monoisotopic (exact) mass is 526 g/mol. The van der Waals surface area contributed by atoms with Gasteiger partial charge in [-0.1, -0.05) is 121 Å². The predicted octanol–water partition coefficient (Wildman–Crippen LogP) is 7.25. The van der Waals surface area contributed by atoms with Crippen LogP contribution in [0.4, 0.5) is 0 Å². The summed E-state index contributed by atoms with van der Waals surface area (Å²) < 4.78 is 11.6. The highest BCUT2D eigenvalue weighted by molar-refractivity contribution is 6.00. The summed E-state index contributed by atoms with van der Waals surface area (Å²) in [4.78, 5) is 25.1. The summed E-state index contributed by atoms with van der Waals surface area (Å²) in [6.45, 7) is 7.75. The Balaban J connectivity index is 0.000000267. The number of hydrogen-bond acceptors (Lipinski definition) is 4. The summed E-state index contributed by atoms with van der Waals surface area (Å²) in [5, 5.41) is 0. The summed E-state index contributed by atoms with van der Waals surface area (Å²) in [7, 11) is 0. The predicted molar refractivity (Wildman–Crippen MR) is 156 cm³/mol. The molecule has 4 rings (SSSR count). The van der Waals surface area contributed by atoms with Crippen LogP contribution in [-0.2, 0) is 9.47 Å². The molecule has 2 unspecified atom stereocenters. The molecule has 0 saturated heterocycles. The van der Waals surface area contributed by atoms with Gasteiger partial charge in [0.2, 0.25) is 0 Å². The maximum atomic E-state index is 12.6. The molecule has 2 atom stereocenters. The third-order valence-electron chi connectivity index (χ3n) is 5.61. The number of ether oxygens (including phenoxy) is 2. The van der Waals surface area contributed by atoms with Crippen LogP contribution in [-0.4, -0.2) is 29.3 Å². The van der Waals surface area contributed by atoms with Gasteiger partial charge < -0.3 is 14.9 Å². The minimum atomic E-state index is -0.538. The van der Waals surface area contributed by atoms with Gasteiger partial charge in [-0.2, -0.15) is 0 Å². The molecule has 0 aromatic heterocycles. The Morgan fingerprint density at radius 2 is 0.718 bits per heavy atom. The van der Waals surface area contributed by atoms with Gasteiger partial charge in [0.1, 0.15) is 12.2 Å². The molecule has 0 saturated carbocycles. The van der Waals surface area contributed by atoms with Crippen LogP contribution < -0.4 is 0 Å². The fourth-order valence-electron chi connectivity index (χ4n) is 3.89. The van der Waals surface area contributed by atoms with Gasteiger partial charge in [-0.15, -0.1) is 0 Å². The number of Topliss-reactive ketones (excluding diaryl/α,β-unsaturated/α-hetero) is 2. The minimum absolute atomic E-state index is 0. The van der Waals surface area contributed by atoms with Crippen molar-refractivity contribution in [3.05, 3.63) is 144 Å². The van der Waals surface area contributed by atoms with Crippen molar-refractivity contribution in [1.82, 2.24) is 0 Å². The molecule has 2 N–H and O–H groups in total. The zero-order valence-electron chi connectivity index (χ0n) is 23.0. The van der Waals surface area contributed by atoms with E-state index in [-0.39, 0.29) is 29.3 Å². The molecule has 0 radical (unpaired) electrons. The molecule has 5 nitrogen and oxygen atoms in total. The van der Waals surface area contributed by atoms with Gasteiger partial charge in [0.25, 0.3) is 0 Å². The molecule has 0 heterocycles. The SMILES string of the molecule is CC(C)OC(C(=O)c1ccccc1)c1ccccc1.CC(C)OC(C(=O)c1ccccc1)c1ccccc1.O. The van der Waals surface area contributed by atoms with Crippen LogP contribution in [0.2, 0.25) is 0 Å². The lowest BCUT2D eigenvalue weighted by Gasteiger charge is -2.19. The number of rotatable bonds is 10. The van der Waals surface area contributed by atoms with Gasteiger partial charge in [0.05, 0.1) is 12.2 Å². The zero-order chi connectivity index (χ0) is 27.3. The zero-order valence-corrected chi connectivity index (χ0v) is 23.0. The van der Waals surface area contributed by atoms with E-state index >= 15 is 0 Å². The van der Waals surface area contributed by atoms with E-state index in [1.807, 2.05) is 149 Å². The van der Waals surface area contributed by atoms with E-state index in [9.17, 15) is 9.59 Å². The average molecular weight is 527 g/mol. The maximum Gasteiger partial charge on any atom is 0.196 e. The summed E-state index contributed by atoms with van der Waals surface area (Å²) in [6.07, 6.45) is -1.08. The van der Waals surface area contributed by atoms with Gasteiger partial charge in [-0.25, -0.2) is 0 Å². The smallest absolute Gasteiger partial charge is 0.196 e. The fraction of sp³-hybridized carbons (Fsp3) is 0.235. The van der Waals surface area contributed by atoms with Gasteiger partial charge in [0, 0.05) is 11.1 Å². The molecule has 39 heavy (non-hydrogen) atoms. The number of carbonyl (C=O) groups excluding carboxylic acids is 2. The van der Waals surface area contributed by atoms with Crippen molar-refractivity contribution in [2.45, 2.75) is 52.1 Å². The summed E-state index contributed by atoms with van der Waals surface area (Å²) in [6, 6.07) is 37.8. The number of ketones is 2. The third kappa shape index (κ3) is 9.73. The quantitative estimate of drug-likeness (QED) is 0.204. The second kappa shape index (κ2) is 16.1. The normalized spacial score (nSPS) is 12.1. The Morgan fingerprint density at radius 3 is 0.974 bits per heavy atom. The first-order chi connectivity index (χ1) is 18.4. The molecular weight excluding hydrogens is 488 g/mol. The molecule has 0 aliphatic heterocycles. The van der Waals surface area contributed by atoms with Crippen molar-refractivity contribution in [1.29, 1.82) is 0 Å². The lowest BCUT2D eigenvalue weighted by molar-refractivity contribution is 0.0114. The summed E-state index contributed by atoms with van der Waals surface area (Å²) in [5.41, 5.74) is 3.14. The van der Waals surface area contributed by atoms with Gasteiger partial charge in [0.15, 0.2) is 11.6 Å². The molecule has 0 aliphatic rings. The number of hydrogen-bond donors (Lipinski definition) is 0. The molecule has 204 valence electrons. The van der Waals surface area contributed by atoms with E-state index in [0.29, 0.717) is 11.1 Å². The maximum absolute atomic E-state index is 12.6. The fourth-order valence-corrected chi connectivity index (χ4v) is 3.89. The van der Waals surface area contributed by atoms with Crippen LogP contribution in [0.1, 0.15) is 71.7 Å². The molecule has 5 heteroatoms. The second-order valence-corrected chi connectivity index (χ2v) is 9.41. The number of benzene rings is 4. The molecule has 0 spiro atoms. The molecular formula is C34H38O5. The lowest BCUT2D eigenvalue weighted by Crippen LogP contribution is -2.19. The molecule has 4 aromatic carbocycles. The van der Waals surface area contributed by atoms with Crippen LogP contribution in [0, 0.1) is 0 Å². The Kier molecular flexibility index (Phi) is 13.0. The first kappa shape index (κ1) is 31.3. The van der Waals surface area contributed by atoms with Gasteiger partial charge >= 0.3 is 0 Å². The first-order valence-corrected chi connectivity index (χ1v) is 13.0. The molecule has 4 aromatic rings. The van der Waals surface area contributed by atoms with Crippen LogP contribution in [0.3, 0.4) is 0 Å². The highest BCUT2D eigenvalue weighted by atomic mass is 16.5. The van der Waals surface area contributed by atoms with E-state index in [4.69, 9.17) is 9.47 Å². The van der Waals surface area contributed by atoms with Crippen molar-refractivity contribution in [3.8, 4) is 0 Å². The highest BCUT2D eigenvalue weighted by Crippen LogP contribution is 2.25. The van der Waals surface area contributed by atoms with Crippen LogP contribution >= 0.6 is 0 Å². The Bertz CT molecular complexity index is 1140. The molecule has 0 bridgehead atoms. The van der Waals surface area contributed by atoms with E-state index in [1.165, 1.54) is 0 Å². The topological polar surface area (TPSA) is 84.1 Å². The second-order valence-electron chi connectivity index (χ2n) is 9.41. The van der Waals surface area contributed by atoms with Crippen molar-refractivity contribution in [3.63, 3.8) is 0 Å². The Hall–Kier alpha value is -3.90.